The molecule has 80 valence electrons. The normalized spacial score (nSPS) is 20.2. The van der Waals surface area contributed by atoms with E-state index in [4.69, 9.17) is 0 Å². The molecule has 15 heavy (non-hydrogen) atoms. The van der Waals surface area contributed by atoms with Crippen molar-refractivity contribution in [2.24, 2.45) is 0 Å². The number of anilines is 1. The molecular weight excluding hydrogens is 190 g/mol. The third-order valence-corrected chi connectivity index (χ3v) is 2.64. The van der Waals surface area contributed by atoms with E-state index in [0.717, 1.165) is 30.8 Å². The van der Waals surface area contributed by atoms with Gasteiger partial charge in [0.15, 0.2) is 0 Å². The van der Waals surface area contributed by atoms with Crippen LogP contribution in [0.2, 0.25) is 0 Å². The molecule has 4 heteroatoms. The summed E-state index contributed by atoms with van der Waals surface area (Å²) in [5, 5.41) is 6.05. The van der Waals surface area contributed by atoms with Crippen molar-refractivity contribution in [1.29, 1.82) is 0 Å². The van der Waals surface area contributed by atoms with Crippen molar-refractivity contribution in [3.63, 3.8) is 0 Å². The van der Waals surface area contributed by atoms with Crippen LogP contribution < -0.4 is 10.6 Å². The first-order valence-electron chi connectivity index (χ1n) is 5.23. The van der Waals surface area contributed by atoms with Crippen molar-refractivity contribution in [2.45, 2.75) is 25.8 Å². The number of rotatable bonds is 2. The Kier molecular flexibility index (Phi) is 2.97. The molecule has 0 spiro atoms. The van der Waals surface area contributed by atoms with Crippen molar-refractivity contribution in [3.05, 3.63) is 24.0 Å². The van der Waals surface area contributed by atoms with Crippen LogP contribution in [0.25, 0.3) is 0 Å². The lowest BCUT2D eigenvalue weighted by molar-refractivity contribution is -0.117. The predicted molar refractivity (Wildman–Crippen MR) is 58.6 cm³/mol. The van der Waals surface area contributed by atoms with E-state index >= 15 is 0 Å². The fourth-order valence-electron chi connectivity index (χ4n) is 1.74. The summed E-state index contributed by atoms with van der Waals surface area (Å²) in [6, 6.07) is 3.66. The van der Waals surface area contributed by atoms with Gasteiger partial charge in [0.25, 0.3) is 0 Å². The summed E-state index contributed by atoms with van der Waals surface area (Å²) in [5.74, 6) is 0.0450. The average Bonchev–Trinajstić information content (AvgIpc) is 2.74. The Labute approximate surface area is 89.1 Å². The van der Waals surface area contributed by atoms with Gasteiger partial charge in [0, 0.05) is 6.20 Å². The summed E-state index contributed by atoms with van der Waals surface area (Å²) in [6.07, 6.45) is 3.72. The second-order valence-corrected chi connectivity index (χ2v) is 3.77. The van der Waals surface area contributed by atoms with Crippen LogP contribution >= 0.6 is 0 Å². The number of pyridine rings is 1. The van der Waals surface area contributed by atoms with Crippen LogP contribution in [-0.2, 0) is 4.79 Å². The molecule has 2 rings (SSSR count). The summed E-state index contributed by atoms with van der Waals surface area (Å²) < 4.78 is 0. The van der Waals surface area contributed by atoms with Crippen molar-refractivity contribution < 1.29 is 4.79 Å². The van der Waals surface area contributed by atoms with Gasteiger partial charge < -0.3 is 10.6 Å². The Morgan fingerprint density at radius 3 is 3.20 bits per heavy atom. The molecular formula is C11H15N3O. The number of nitrogens with one attached hydrogen (secondary N) is 2. The number of amides is 1. The molecule has 0 unspecified atom stereocenters. The largest absolute Gasteiger partial charge is 0.323 e. The molecule has 1 aliphatic rings. The van der Waals surface area contributed by atoms with Crippen molar-refractivity contribution in [3.8, 4) is 0 Å². The lowest BCUT2D eigenvalue weighted by Gasteiger charge is -2.11. The van der Waals surface area contributed by atoms with E-state index in [1.54, 1.807) is 6.20 Å². The first-order valence-corrected chi connectivity index (χ1v) is 5.23. The maximum absolute atomic E-state index is 11.8. The van der Waals surface area contributed by atoms with Crippen LogP contribution in [0, 0.1) is 6.92 Å². The highest BCUT2D eigenvalue weighted by Crippen LogP contribution is 2.13. The van der Waals surface area contributed by atoms with E-state index in [9.17, 15) is 4.79 Å². The minimum atomic E-state index is -0.0374. The van der Waals surface area contributed by atoms with Gasteiger partial charge in [-0.25, -0.2) is 0 Å². The fourth-order valence-corrected chi connectivity index (χ4v) is 1.74. The number of hydrogen-bond donors (Lipinski definition) is 2. The molecule has 1 atom stereocenters. The highest BCUT2D eigenvalue weighted by atomic mass is 16.2. The number of aromatic nitrogens is 1. The quantitative estimate of drug-likeness (QED) is 0.759. The molecule has 0 bridgehead atoms. The fraction of sp³-hybridized carbons (Fsp3) is 0.455. The van der Waals surface area contributed by atoms with Gasteiger partial charge in [-0.3, -0.25) is 9.78 Å². The molecule has 1 aliphatic heterocycles. The molecule has 1 amide bonds. The molecule has 1 fully saturated rings. The van der Waals surface area contributed by atoms with Crippen LogP contribution in [0.1, 0.15) is 18.5 Å². The smallest absolute Gasteiger partial charge is 0.241 e. The zero-order valence-corrected chi connectivity index (χ0v) is 8.79. The third kappa shape index (κ3) is 2.33. The first kappa shape index (κ1) is 10.1. The standard InChI is InChI=1S/C11H15N3O/c1-8-9(4-2-6-12-8)14-11(15)10-5-3-7-13-10/h2,4,6,10,13H,3,5,7H2,1H3,(H,14,15)/t10-/m1/s1. The van der Waals surface area contributed by atoms with Crippen LogP contribution in [0.4, 0.5) is 5.69 Å². The highest BCUT2D eigenvalue weighted by Gasteiger charge is 2.22. The summed E-state index contributed by atoms with van der Waals surface area (Å²) in [4.78, 5) is 15.9. The van der Waals surface area contributed by atoms with Crippen LogP contribution in [-0.4, -0.2) is 23.5 Å². The van der Waals surface area contributed by atoms with E-state index in [1.165, 1.54) is 0 Å². The average molecular weight is 205 g/mol. The van der Waals surface area contributed by atoms with Crippen LogP contribution in [0.3, 0.4) is 0 Å². The van der Waals surface area contributed by atoms with Crippen LogP contribution in [0.15, 0.2) is 18.3 Å². The maximum atomic E-state index is 11.8. The van der Waals surface area contributed by atoms with Gasteiger partial charge in [-0.05, 0) is 38.4 Å². The van der Waals surface area contributed by atoms with Crippen LogP contribution in [0.5, 0.6) is 0 Å². The lowest BCUT2D eigenvalue weighted by atomic mass is 10.2. The maximum Gasteiger partial charge on any atom is 0.241 e. The Hall–Kier alpha value is -1.42. The summed E-state index contributed by atoms with van der Waals surface area (Å²) in [6.45, 7) is 2.82. The van der Waals surface area contributed by atoms with E-state index in [2.05, 4.69) is 15.6 Å². The second kappa shape index (κ2) is 4.40. The van der Waals surface area contributed by atoms with Gasteiger partial charge in [-0.1, -0.05) is 0 Å². The molecule has 1 aromatic heterocycles. The van der Waals surface area contributed by atoms with Gasteiger partial charge in [-0.15, -0.1) is 0 Å². The highest BCUT2D eigenvalue weighted by molar-refractivity contribution is 5.95. The molecule has 2 N–H and O–H groups in total. The lowest BCUT2D eigenvalue weighted by Crippen LogP contribution is -2.35. The van der Waals surface area contributed by atoms with Gasteiger partial charge in [0.1, 0.15) is 0 Å². The van der Waals surface area contributed by atoms with Gasteiger partial charge >= 0.3 is 0 Å². The molecule has 4 nitrogen and oxygen atoms in total. The number of carbonyl (C=O) groups excluding carboxylic acids is 1. The number of carbonyl (C=O) groups is 1. The molecule has 2 heterocycles. The van der Waals surface area contributed by atoms with E-state index in [-0.39, 0.29) is 11.9 Å². The minimum absolute atomic E-state index is 0.0374. The molecule has 0 aromatic carbocycles. The van der Waals surface area contributed by atoms with E-state index < -0.39 is 0 Å². The Morgan fingerprint density at radius 1 is 1.67 bits per heavy atom. The van der Waals surface area contributed by atoms with E-state index in [1.807, 2.05) is 19.1 Å². The van der Waals surface area contributed by atoms with Crippen molar-refractivity contribution >= 4 is 11.6 Å². The first-order chi connectivity index (χ1) is 7.27. The van der Waals surface area contributed by atoms with Gasteiger partial charge in [0.05, 0.1) is 17.4 Å². The molecule has 0 saturated carbocycles. The Balaban J connectivity index is 2.02. The monoisotopic (exact) mass is 205 g/mol. The van der Waals surface area contributed by atoms with Gasteiger partial charge in [0.2, 0.25) is 5.91 Å². The zero-order valence-electron chi connectivity index (χ0n) is 8.79. The minimum Gasteiger partial charge on any atom is -0.323 e. The number of nitrogens with zero attached hydrogens (tertiary/aromatic N) is 1. The molecule has 1 aromatic rings. The van der Waals surface area contributed by atoms with Crippen molar-refractivity contribution in [1.82, 2.24) is 10.3 Å². The van der Waals surface area contributed by atoms with E-state index in [0.29, 0.717) is 0 Å². The molecule has 1 saturated heterocycles. The molecule has 0 radical (unpaired) electrons. The zero-order chi connectivity index (χ0) is 10.7. The topological polar surface area (TPSA) is 54.0 Å². The summed E-state index contributed by atoms with van der Waals surface area (Å²) >= 11 is 0. The summed E-state index contributed by atoms with van der Waals surface area (Å²) in [7, 11) is 0. The Bertz CT molecular complexity index is 359. The Morgan fingerprint density at radius 2 is 2.53 bits per heavy atom. The third-order valence-electron chi connectivity index (χ3n) is 2.64. The van der Waals surface area contributed by atoms with Crippen molar-refractivity contribution in [2.75, 3.05) is 11.9 Å². The number of hydrogen-bond acceptors (Lipinski definition) is 3. The SMILES string of the molecule is Cc1ncccc1NC(=O)[C@H]1CCCN1. The predicted octanol–water partition coefficient (Wildman–Crippen LogP) is 1.08. The summed E-state index contributed by atoms with van der Waals surface area (Å²) in [5.41, 5.74) is 1.65. The van der Waals surface area contributed by atoms with Gasteiger partial charge in [-0.2, -0.15) is 0 Å². The molecule has 0 aliphatic carbocycles. The number of aryl methyl sites for hydroxylation is 1. The second-order valence-electron chi connectivity index (χ2n) is 3.77.